The predicted octanol–water partition coefficient (Wildman–Crippen LogP) is 2.13. The summed E-state index contributed by atoms with van der Waals surface area (Å²) >= 11 is 0. The van der Waals surface area contributed by atoms with Crippen LogP contribution in [-0.4, -0.2) is 36.8 Å². The summed E-state index contributed by atoms with van der Waals surface area (Å²) < 4.78 is 39.3. The monoisotopic (exact) mass is 501 g/mol. The maximum atomic E-state index is 13.1. The Labute approximate surface area is 144 Å². The second-order valence-electron chi connectivity index (χ2n) is 4.79. The Morgan fingerprint density at radius 1 is 0.957 bits per heavy atom. The molecular formula is C13H12F3N6Os-3. The van der Waals surface area contributed by atoms with E-state index in [9.17, 15) is 13.2 Å². The van der Waals surface area contributed by atoms with Gasteiger partial charge in [-0.05, 0) is 14.1 Å². The summed E-state index contributed by atoms with van der Waals surface area (Å²) in [5.41, 5.74) is -0.271. The maximum absolute atomic E-state index is 13.1. The smallest absolute Gasteiger partial charge is 0.394 e. The molecule has 0 fully saturated rings. The van der Waals surface area contributed by atoms with Crippen molar-refractivity contribution < 1.29 is 33.0 Å². The van der Waals surface area contributed by atoms with Crippen LogP contribution in [0.4, 0.5) is 24.5 Å². The minimum atomic E-state index is -4.45. The van der Waals surface area contributed by atoms with E-state index in [1.165, 1.54) is 32.5 Å². The number of rotatable bonds is 2. The van der Waals surface area contributed by atoms with Crippen molar-refractivity contribution in [3.8, 4) is 0 Å². The fraction of sp³-hybridized carbons (Fsp3) is 0.231. The molecule has 0 radical (unpaired) electrons. The first-order chi connectivity index (χ1) is 10.3. The van der Waals surface area contributed by atoms with Crippen molar-refractivity contribution in [1.29, 1.82) is 0 Å². The number of benzene rings is 1. The van der Waals surface area contributed by atoms with Gasteiger partial charge < -0.3 is 19.8 Å². The van der Waals surface area contributed by atoms with Gasteiger partial charge in [0.1, 0.15) is 0 Å². The maximum Gasteiger partial charge on any atom is 0.394 e. The summed E-state index contributed by atoms with van der Waals surface area (Å²) in [6.07, 6.45) is -1.61. The van der Waals surface area contributed by atoms with Gasteiger partial charge in [0, 0.05) is 19.8 Å². The van der Waals surface area contributed by atoms with E-state index < -0.39 is 11.7 Å². The van der Waals surface area contributed by atoms with Crippen LogP contribution in [-0.2, 0) is 26.0 Å². The molecule has 10 heteroatoms. The fourth-order valence-electron chi connectivity index (χ4n) is 1.98. The molecule has 0 bridgehead atoms. The van der Waals surface area contributed by atoms with Crippen molar-refractivity contribution in [1.82, 2.24) is 10.0 Å². The molecule has 1 aromatic rings. The number of hydrogen-bond donors (Lipinski definition) is 0. The van der Waals surface area contributed by atoms with Crippen LogP contribution in [0.1, 0.15) is 5.56 Å². The van der Waals surface area contributed by atoms with E-state index in [0.29, 0.717) is 0 Å². The average Bonchev–Trinajstić information content (AvgIpc) is 3.06. The predicted molar refractivity (Wildman–Crippen MR) is 76.3 cm³/mol. The molecule has 0 amide bonds. The van der Waals surface area contributed by atoms with Gasteiger partial charge in [-0.2, -0.15) is 13.2 Å². The van der Waals surface area contributed by atoms with Crippen molar-refractivity contribution in [3.63, 3.8) is 0 Å². The van der Waals surface area contributed by atoms with Gasteiger partial charge >= 0.3 is 6.18 Å². The molecule has 126 valence electrons. The molecule has 0 atom stereocenters. The number of alkyl halides is 3. The molecule has 1 aromatic carbocycles. The molecular weight excluding hydrogens is 487 g/mol. The van der Waals surface area contributed by atoms with Crippen LogP contribution in [0.3, 0.4) is 0 Å². The van der Waals surface area contributed by atoms with Crippen molar-refractivity contribution in [2.24, 2.45) is 10.2 Å². The minimum absolute atomic E-state index is 0. The summed E-state index contributed by atoms with van der Waals surface area (Å²) in [4.78, 5) is 2.94. The molecule has 6 nitrogen and oxygen atoms in total. The molecule has 0 unspecified atom stereocenters. The first-order valence-electron chi connectivity index (χ1n) is 6.28. The Hall–Kier alpha value is -1.81. The van der Waals surface area contributed by atoms with Gasteiger partial charge in [-0.3, -0.25) is 0 Å². The van der Waals surface area contributed by atoms with E-state index >= 15 is 0 Å². The van der Waals surface area contributed by atoms with Crippen LogP contribution in [0.25, 0.3) is 0 Å². The van der Waals surface area contributed by atoms with Gasteiger partial charge in [-0.15, -0.1) is 42.9 Å². The van der Waals surface area contributed by atoms with Gasteiger partial charge in [-0.1, -0.05) is 5.56 Å². The van der Waals surface area contributed by atoms with E-state index in [1.54, 1.807) is 27.4 Å². The summed E-state index contributed by atoms with van der Waals surface area (Å²) in [6.45, 7) is 3.12. The van der Waals surface area contributed by atoms with Gasteiger partial charge in [0.05, 0.1) is 12.7 Å². The molecule has 0 spiro atoms. The van der Waals surface area contributed by atoms with Gasteiger partial charge in [-0.25, -0.2) is 10.2 Å². The van der Waals surface area contributed by atoms with Crippen molar-refractivity contribution in [3.05, 3.63) is 37.1 Å². The summed E-state index contributed by atoms with van der Waals surface area (Å²) in [6, 6.07) is 5.00. The zero-order valence-electron chi connectivity index (χ0n) is 12.1. The molecule has 3 rings (SSSR count). The number of halogens is 3. The van der Waals surface area contributed by atoms with Crippen LogP contribution in [0.15, 0.2) is 22.3 Å². The van der Waals surface area contributed by atoms with Crippen LogP contribution in [0.2, 0.25) is 0 Å². The largest absolute Gasteiger partial charge is 0.483 e. The van der Waals surface area contributed by atoms with E-state index in [4.69, 9.17) is 0 Å². The SMILES string of the molecule is CN1[CH-]N(c2[c-]c(N3C=NN(C)[CH-]3)cc(C(F)(F)F)c2)C=N1.[Os]. The molecule has 2 heterocycles. The topological polar surface area (TPSA) is 37.7 Å². The number of hydrogen-bond acceptors (Lipinski definition) is 6. The molecule has 0 N–H and O–H groups in total. The van der Waals surface area contributed by atoms with Gasteiger partial charge in [0.25, 0.3) is 0 Å². The molecule has 2 aliphatic rings. The Morgan fingerprint density at radius 3 is 1.70 bits per heavy atom. The minimum Gasteiger partial charge on any atom is -0.483 e. The van der Waals surface area contributed by atoms with Crippen LogP contribution < -0.4 is 9.80 Å². The molecule has 0 aliphatic carbocycles. The third-order valence-electron chi connectivity index (χ3n) is 3.02. The molecule has 0 saturated carbocycles. The van der Waals surface area contributed by atoms with Crippen molar-refractivity contribution >= 4 is 24.1 Å². The quantitative estimate of drug-likeness (QED) is 0.585. The second kappa shape index (κ2) is 6.36. The molecule has 0 aromatic heterocycles. The second-order valence-corrected chi connectivity index (χ2v) is 4.79. The van der Waals surface area contributed by atoms with Crippen LogP contribution in [0.5, 0.6) is 0 Å². The Balaban J connectivity index is 0.00000192. The molecule has 0 saturated heterocycles. The summed E-state index contributed by atoms with van der Waals surface area (Å²) in [5, 5.41) is 10.9. The van der Waals surface area contributed by atoms with Crippen LogP contribution in [0, 0.1) is 19.4 Å². The van der Waals surface area contributed by atoms with E-state index in [1.807, 2.05) is 0 Å². The van der Waals surface area contributed by atoms with E-state index in [2.05, 4.69) is 16.3 Å². The molecule has 23 heavy (non-hydrogen) atoms. The average molecular weight is 500 g/mol. The van der Waals surface area contributed by atoms with Crippen molar-refractivity contribution in [2.75, 3.05) is 23.9 Å². The fourth-order valence-corrected chi connectivity index (χ4v) is 1.98. The normalized spacial score (nSPS) is 17.3. The summed E-state index contributed by atoms with van der Waals surface area (Å²) in [7, 11) is 3.36. The number of anilines is 2. The van der Waals surface area contributed by atoms with Crippen molar-refractivity contribution in [2.45, 2.75) is 6.18 Å². The van der Waals surface area contributed by atoms with Gasteiger partial charge in [0.2, 0.25) is 0 Å². The van der Waals surface area contributed by atoms with Crippen LogP contribution >= 0.6 is 0 Å². The third kappa shape index (κ3) is 3.75. The molecule has 2 aliphatic heterocycles. The number of nitrogens with zero attached hydrogens (tertiary/aromatic N) is 6. The zero-order valence-corrected chi connectivity index (χ0v) is 14.7. The standard InChI is InChI=1S/C13H12F3N6.Os/c1-19-8-21(6-17-19)11-3-10(13(14,15)16)4-12(5-11)22-7-18-20(2)9-22;/h3-4,6-9H,1-2H3;/q-3;. The third-order valence-corrected chi connectivity index (χ3v) is 3.02. The first-order valence-corrected chi connectivity index (χ1v) is 6.28. The van der Waals surface area contributed by atoms with E-state index in [0.717, 1.165) is 12.1 Å². The Bertz CT molecular complexity index is 588. The Morgan fingerprint density at radius 2 is 1.39 bits per heavy atom. The first kappa shape index (κ1) is 17.5. The number of hydrazone groups is 2. The van der Waals surface area contributed by atoms with Gasteiger partial charge in [0.15, 0.2) is 0 Å². The van der Waals surface area contributed by atoms with E-state index in [-0.39, 0.29) is 31.2 Å². The zero-order chi connectivity index (χ0) is 15.9. The Kier molecular flexibility index (Phi) is 4.85. The summed E-state index contributed by atoms with van der Waals surface area (Å²) in [5.74, 6) is 0.